The Bertz CT molecular complexity index is 1430. The second-order valence-corrected chi connectivity index (χ2v) is 10.6. The van der Waals surface area contributed by atoms with E-state index < -0.39 is 18.2 Å². The highest BCUT2D eigenvalue weighted by atomic mass is 16.5. The Labute approximate surface area is 243 Å². The lowest BCUT2D eigenvalue weighted by Gasteiger charge is -2.38. The second kappa shape index (κ2) is 12.5. The van der Waals surface area contributed by atoms with E-state index in [1.807, 2.05) is 6.92 Å². The van der Waals surface area contributed by atoms with E-state index in [4.69, 9.17) is 13.8 Å². The van der Waals surface area contributed by atoms with Gasteiger partial charge in [0.05, 0.1) is 24.8 Å². The Hall–Kier alpha value is -4.59. The minimum absolute atomic E-state index is 0.200. The zero-order valence-corrected chi connectivity index (χ0v) is 24.8. The molecule has 0 saturated carbocycles. The van der Waals surface area contributed by atoms with Crippen molar-refractivity contribution >= 4 is 35.0 Å². The summed E-state index contributed by atoms with van der Waals surface area (Å²) in [5, 5.41) is 25.9. The summed E-state index contributed by atoms with van der Waals surface area (Å²) >= 11 is 0. The highest BCUT2D eigenvalue weighted by molar-refractivity contribution is 6.03. The zero-order valence-electron chi connectivity index (χ0n) is 24.8. The minimum Gasteiger partial charge on any atom is -0.487 e. The molecule has 4 N–H and O–H groups in total. The monoisotopic (exact) mass is 583 g/mol. The van der Waals surface area contributed by atoms with Crippen molar-refractivity contribution in [1.82, 2.24) is 20.1 Å². The molecule has 3 heterocycles. The third kappa shape index (κ3) is 6.48. The molecule has 42 heavy (non-hydrogen) atoms. The van der Waals surface area contributed by atoms with Crippen LogP contribution in [0.1, 0.15) is 47.1 Å². The summed E-state index contributed by atoms with van der Waals surface area (Å²) in [6.07, 6.45) is -0.507. The maximum atomic E-state index is 13.7. The van der Waals surface area contributed by atoms with Gasteiger partial charge in [-0.15, -0.1) is 0 Å². The van der Waals surface area contributed by atoms with Crippen molar-refractivity contribution in [3.63, 3.8) is 0 Å². The number of fused-ring (bicyclic) bond motifs is 1. The molecule has 0 bridgehead atoms. The number of nitrogens with one attached hydrogen (secondary N) is 3. The van der Waals surface area contributed by atoms with Crippen molar-refractivity contribution in [2.24, 2.45) is 5.92 Å². The maximum Gasteiger partial charge on any atom is 0.323 e. The summed E-state index contributed by atoms with van der Waals surface area (Å²) < 4.78 is 16.6. The van der Waals surface area contributed by atoms with Crippen LogP contribution in [0.3, 0.4) is 0 Å². The van der Waals surface area contributed by atoms with Gasteiger partial charge in [-0.1, -0.05) is 17.2 Å². The molecule has 3 aromatic rings. The number of rotatable bonds is 7. The van der Waals surface area contributed by atoms with E-state index in [9.17, 15) is 19.5 Å². The van der Waals surface area contributed by atoms with Crippen LogP contribution in [0.15, 0.2) is 27.2 Å². The molecule has 0 saturated heterocycles. The van der Waals surface area contributed by atoms with Gasteiger partial charge >= 0.3 is 12.1 Å². The number of aryl methyl sites for hydroxylation is 4. The number of anilines is 3. The van der Waals surface area contributed by atoms with Crippen LogP contribution >= 0.6 is 0 Å². The van der Waals surface area contributed by atoms with E-state index >= 15 is 0 Å². The van der Waals surface area contributed by atoms with Gasteiger partial charge in [-0.2, -0.15) is 0 Å². The molecule has 0 unspecified atom stereocenters. The van der Waals surface area contributed by atoms with Gasteiger partial charge in [-0.25, -0.2) is 9.59 Å². The minimum atomic E-state index is -0.540. The van der Waals surface area contributed by atoms with Gasteiger partial charge in [-0.05, 0) is 52.8 Å². The molecule has 3 atom stereocenters. The van der Waals surface area contributed by atoms with Crippen molar-refractivity contribution in [2.75, 3.05) is 42.7 Å². The number of amides is 5. The van der Waals surface area contributed by atoms with Crippen molar-refractivity contribution in [3.05, 3.63) is 46.7 Å². The number of hydrogen-bond donors (Lipinski definition) is 4. The quantitative estimate of drug-likeness (QED) is 0.321. The summed E-state index contributed by atoms with van der Waals surface area (Å²) in [5.41, 5.74) is 2.63. The van der Waals surface area contributed by atoms with Crippen LogP contribution in [-0.4, -0.2) is 82.1 Å². The van der Waals surface area contributed by atoms with Crippen molar-refractivity contribution < 1.29 is 33.3 Å². The smallest absolute Gasteiger partial charge is 0.323 e. The molecule has 5 amide bonds. The molecule has 1 aromatic carbocycles. The van der Waals surface area contributed by atoms with E-state index in [1.165, 1.54) is 11.0 Å². The SMILES string of the molecule is Cc1noc(C)c1NC(=O)Nc1ccc2c(c1)C(=O)N([C@H](C)CO)C[C@@H](C)[C@H](CN(C)C(=O)Nc1c(C)noc1C)O2. The number of benzene rings is 1. The Morgan fingerprint density at radius 1 is 1.07 bits per heavy atom. The van der Waals surface area contributed by atoms with Gasteiger partial charge in [0.1, 0.15) is 34.6 Å². The topological polar surface area (TPSA) is 175 Å². The molecule has 226 valence electrons. The molecule has 0 radical (unpaired) electrons. The zero-order chi connectivity index (χ0) is 30.7. The molecule has 0 fully saturated rings. The van der Waals surface area contributed by atoms with E-state index in [1.54, 1.807) is 58.7 Å². The number of aliphatic hydroxyl groups is 1. The van der Waals surface area contributed by atoms with E-state index in [2.05, 4.69) is 26.3 Å². The largest absolute Gasteiger partial charge is 0.487 e. The number of aromatic nitrogens is 2. The van der Waals surface area contributed by atoms with E-state index in [-0.39, 0.29) is 43.1 Å². The standard InChI is InChI=1S/C28H37N7O7/c1-14-11-35(15(2)13-36)26(37)21-10-20(29-27(38)30-24-16(3)32-41-18(24)5)8-9-22(21)40-23(14)12-34(7)28(39)31-25-17(4)33-42-19(25)6/h8-10,14-15,23,36H,11-13H2,1-7H3,(H,31,39)(H2,29,30,38)/t14-,15-,23+/m1/s1. The first-order valence-corrected chi connectivity index (χ1v) is 13.6. The Morgan fingerprint density at radius 2 is 1.69 bits per heavy atom. The predicted octanol–water partition coefficient (Wildman–Crippen LogP) is 3.92. The van der Waals surface area contributed by atoms with Crippen LogP contribution in [0.2, 0.25) is 0 Å². The number of aliphatic hydroxyl groups excluding tert-OH is 1. The number of ether oxygens (including phenoxy) is 1. The van der Waals surface area contributed by atoms with Crippen molar-refractivity contribution in [1.29, 1.82) is 0 Å². The number of urea groups is 2. The molecule has 4 rings (SSSR count). The molecule has 1 aliphatic rings. The average Bonchev–Trinajstić information content (AvgIpc) is 3.44. The summed E-state index contributed by atoms with van der Waals surface area (Å²) in [7, 11) is 1.65. The Morgan fingerprint density at radius 3 is 2.26 bits per heavy atom. The molecular weight excluding hydrogens is 546 g/mol. The Kier molecular flexibility index (Phi) is 9.05. The third-order valence-electron chi connectivity index (χ3n) is 7.26. The van der Waals surface area contributed by atoms with Gasteiger partial charge in [0.25, 0.3) is 5.91 Å². The average molecular weight is 584 g/mol. The normalized spacial score (nSPS) is 17.4. The molecule has 14 nitrogen and oxygen atoms in total. The second-order valence-electron chi connectivity index (χ2n) is 10.6. The summed E-state index contributed by atoms with van der Waals surface area (Å²) in [6.45, 7) is 10.8. The van der Waals surface area contributed by atoms with Crippen LogP contribution in [0, 0.1) is 33.6 Å². The number of likely N-dealkylation sites (N-methyl/N-ethyl adjacent to an activating group) is 1. The van der Waals surface area contributed by atoms with Crippen molar-refractivity contribution in [2.45, 2.75) is 53.7 Å². The lowest BCUT2D eigenvalue weighted by Crippen LogP contribution is -2.50. The molecule has 1 aliphatic heterocycles. The highest BCUT2D eigenvalue weighted by Crippen LogP contribution is 2.31. The lowest BCUT2D eigenvalue weighted by atomic mass is 9.99. The summed E-state index contributed by atoms with van der Waals surface area (Å²) in [6, 6.07) is 3.37. The highest BCUT2D eigenvalue weighted by Gasteiger charge is 2.34. The van der Waals surface area contributed by atoms with Gasteiger partial charge in [0, 0.05) is 25.2 Å². The van der Waals surface area contributed by atoms with Crippen molar-refractivity contribution in [3.8, 4) is 5.75 Å². The summed E-state index contributed by atoms with van der Waals surface area (Å²) in [4.78, 5) is 42.5. The first kappa shape index (κ1) is 30.4. The number of carbonyl (C=O) groups excluding carboxylic acids is 3. The van der Waals surface area contributed by atoms with Crippen LogP contribution in [0.4, 0.5) is 26.7 Å². The molecule has 0 aliphatic carbocycles. The third-order valence-corrected chi connectivity index (χ3v) is 7.26. The molecule has 2 aromatic heterocycles. The van der Waals surface area contributed by atoms with Crippen LogP contribution in [0.5, 0.6) is 5.75 Å². The fourth-order valence-electron chi connectivity index (χ4n) is 4.67. The van der Waals surface area contributed by atoms with Crippen LogP contribution < -0.4 is 20.7 Å². The van der Waals surface area contributed by atoms with Gasteiger partial charge in [0.2, 0.25) is 0 Å². The Balaban J connectivity index is 1.57. The van der Waals surface area contributed by atoms with Crippen LogP contribution in [0.25, 0.3) is 0 Å². The fourth-order valence-corrected chi connectivity index (χ4v) is 4.67. The fraction of sp³-hybridized carbons (Fsp3) is 0.464. The summed E-state index contributed by atoms with van der Waals surface area (Å²) in [5.74, 6) is 0.697. The number of nitrogens with zero attached hydrogens (tertiary/aromatic N) is 4. The van der Waals surface area contributed by atoms with Crippen LogP contribution in [-0.2, 0) is 0 Å². The predicted molar refractivity (Wildman–Crippen MR) is 154 cm³/mol. The maximum absolute atomic E-state index is 13.7. The lowest BCUT2D eigenvalue weighted by molar-refractivity contribution is 0.0371. The first-order valence-electron chi connectivity index (χ1n) is 13.6. The van der Waals surface area contributed by atoms with E-state index in [0.717, 1.165) is 0 Å². The number of hydrogen-bond acceptors (Lipinski definition) is 9. The first-order chi connectivity index (χ1) is 19.9. The number of carbonyl (C=O) groups is 3. The molecule has 14 heteroatoms. The van der Waals surface area contributed by atoms with Gasteiger partial charge in [-0.3, -0.25) is 4.79 Å². The molecule has 0 spiro atoms. The van der Waals surface area contributed by atoms with E-state index in [0.29, 0.717) is 45.7 Å². The van der Waals surface area contributed by atoms with Gasteiger partial charge < -0.3 is 44.6 Å². The molecular formula is C28H37N7O7. The van der Waals surface area contributed by atoms with Gasteiger partial charge in [0.15, 0.2) is 11.5 Å².